The van der Waals surface area contributed by atoms with Crippen LogP contribution in [0.3, 0.4) is 0 Å². The molecule has 1 fully saturated rings. The van der Waals surface area contributed by atoms with Crippen LogP contribution < -0.4 is 10.5 Å². The number of hydrogen-bond donors (Lipinski definition) is 2. The maximum absolute atomic E-state index is 9.63. The van der Waals surface area contributed by atoms with E-state index in [1.807, 2.05) is 12.1 Å². The number of phenols is 1. The summed E-state index contributed by atoms with van der Waals surface area (Å²) < 4.78 is 10.7. The minimum atomic E-state index is 0.107. The fourth-order valence-corrected chi connectivity index (χ4v) is 2.40. The number of methoxy groups -OCH3 is 1. The molecule has 2 rings (SSSR count). The predicted molar refractivity (Wildman–Crippen MR) is 73.4 cm³/mol. The fourth-order valence-electron chi connectivity index (χ4n) is 2.40. The number of phenolic OH excluding ortho intramolecular Hbond substituents is 1. The SMILES string of the molecule is COc1cc(C(C)N2CCOC(CN)C2)ccc1O. The number of nitrogens with two attached hydrogens (primary N) is 1. The highest BCUT2D eigenvalue weighted by Gasteiger charge is 2.24. The summed E-state index contributed by atoms with van der Waals surface area (Å²) in [4.78, 5) is 2.34. The van der Waals surface area contributed by atoms with Gasteiger partial charge < -0.3 is 20.3 Å². The van der Waals surface area contributed by atoms with E-state index in [9.17, 15) is 5.11 Å². The van der Waals surface area contributed by atoms with E-state index in [4.69, 9.17) is 15.2 Å². The van der Waals surface area contributed by atoms with Gasteiger partial charge in [0.15, 0.2) is 11.5 Å². The molecule has 0 bridgehead atoms. The molecule has 1 aliphatic heterocycles. The standard InChI is InChI=1S/C14H22N2O3/c1-10(16-5-6-19-12(8-15)9-16)11-3-4-13(17)14(7-11)18-2/h3-4,7,10,12,17H,5-6,8-9,15H2,1-2H3. The van der Waals surface area contributed by atoms with Gasteiger partial charge in [-0.3, -0.25) is 4.90 Å². The highest BCUT2D eigenvalue weighted by atomic mass is 16.5. The van der Waals surface area contributed by atoms with Crippen molar-refractivity contribution in [1.29, 1.82) is 0 Å². The summed E-state index contributed by atoms with van der Waals surface area (Å²) in [5.41, 5.74) is 6.78. The van der Waals surface area contributed by atoms with Crippen molar-refractivity contribution in [2.45, 2.75) is 19.1 Å². The van der Waals surface area contributed by atoms with Crippen molar-refractivity contribution in [3.63, 3.8) is 0 Å². The maximum atomic E-state index is 9.63. The lowest BCUT2D eigenvalue weighted by Crippen LogP contribution is -2.46. The van der Waals surface area contributed by atoms with Crippen LogP contribution in [-0.4, -0.2) is 49.5 Å². The van der Waals surface area contributed by atoms with Gasteiger partial charge >= 0.3 is 0 Å². The van der Waals surface area contributed by atoms with Crippen molar-refractivity contribution < 1.29 is 14.6 Å². The van der Waals surface area contributed by atoms with Gasteiger partial charge in [0, 0.05) is 25.7 Å². The molecule has 0 saturated carbocycles. The first-order valence-electron chi connectivity index (χ1n) is 6.58. The normalized spacial score (nSPS) is 22.2. The Hall–Kier alpha value is -1.30. The third-order valence-electron chi connectivity index (χ3n) is 3.67. The second kappa shape index (κ2) is 6.23. The van der Waals surface area contributed by atoms with Crippen molar-refractivity contribution >= 4 is 0 Å². The number of nitrogens with zero attached hydrogens (tertiary/aromatic N) is 1. The topological polar surface area (TPSA) is 68.0 Å². The van der Waals surface area contributed by atoms with Gasteiger partial charge in [0.2, 0.25) is 0 Å². The van der Waals surface area contributed by atoms with Crippen LogP contribution in [0, 0.1) is 0 Å². The molecule has 0 aliphatic carbocycles. The van der Waals surface area contributed by atoms with E-state index in [-0.39, 0.29) is 17.9 Å². The van der Waals surface area contributed by atoms with Crippen molar-refractivity contribution in [3.05, 3.63) is 23.8 Å². The van der Waals surface area contributed by atoms with E-state index in [1.165, 1.54) is 0 Å². The smallest absolute Gasteiger partial charge is 0.160 e. The third kappa shape index (κ3) is 3.18. The van der Waals surface area contributed by atoms with Gasteiger partial charge in [0.05, 0.1) is 19.8 Å². The molecule has 19 heavy (non-hydrogen) atoms. The molecule has 3 N–H and O–H groups in total. The molecule has 0 amide bonds. The monoisotopic (exact) mass is 266 g/mol. The highest BCUT2D eigenvalue weighted by Crippen LogP contribution is 2.31. The predicted octanol–water partition coefficient (Wildman–Crippen LogP) is 1.12. The van der Waals surface area contributed by atoms with Gasteiger partial charge in [0.25, 0.3) is 0 Å². The summed E-state index contributed by atoms with van der Waals surface area (Å²) in [6, 6.07) is 5.72. The Kier molecular flexibility index (Phi) is 4.63. The third-order valence-corrected chi connectivity index (χ3v) is 3.67. The Bertz CT molecular complexity index is 425. The van der Waals surface area contributed by atoms with Gasteiger partial charge in [0.1, 0.15) is 0 Å². The van der Waals surface area contributed by atoms with Gasteiger partial charge in [-0.1, -0.05) is 6.07 Å². The Morgan fingerprint density at radius 1 is 1.58 bits per heavy atom. The maximum Gasteiger partial charge on any atom is 0.160 e. The Morgan fingerprint density at radius 2 is 2.37 bits per heavy atom. The number of benzene rings is 1. The van der Waals surface area contributed by atoms with E-state index in [0.29, 0.717) is 18.9 Å². The van der Waals surface area contributed by atoms with E-state index in [0.717, 1.165) is 18.7 Å². The lowest BCUT2D eigenvalue weighted by Gasteiger charge is -2.36. The average Bonchev–Trinajstić information content (AvgIpc) is 2.47. The van der Waals surface area contributed by atoms with Crippen molar-refractivity contribution in [3.8, 4) is 11.5 Å². The second-order valence-electron chi connectivity index (χ2n) is 4.83. The van der Waals surface area contributed by atoms with Gasteiger partial charge in [-0.15, -0.1) is 0 Å². The number of morpholine rings is 1. The first kappa shape index (κ1) is 14.1. The Morgan fingerprint density at radius 3 is 3.05 bits per heavy atom. The van der Waals surface area contributed by atoms with E-state index in [1.54, 1.807) is 13.2 Å². The molecular formula is C14H22N2O3. The number of rotatable bonds is 4. The Balaban J connectivity index is 2.12. The van der Waals surface area contributed by atoms with Crippen LogP contribution >= 0.6 is 0 Å². The van der Waals surface area contributed by atoms with E-state index in [2.05, 4.69) is 11.8 Å². The zero-order valence-corrected chi connectivity index (χ0v) is 11.5. The number of aromatic hydroxyl groups is 1. The van der Waals surface area contributed by atoms with Crippen LogP contribution in [0.5, 0.6) is 11.5 Å². The molecular weight excluding hydrogens is 244 g/mol. The molecule has 1 aromatic carbocycles. The summed E-state index contributed by atoms with van der Waals surface area (Å²) in [6.07, 6.45) is 0.107. The van der Waals surface area contributed by atoms with Gasteiger partial charge in [-0.25, -0.2) is 0 Å². The summed E-state index contributed by atoms with van der Waals surface area (Å²) in [5, 5.41) is 9.63. The largest absolute Gasteiger partial charge is 0.504 e. The zero-order valence-electron chi connectivity index (χ0n) is 11.5. The molecule has 5 heteroatoms. The van der Waals surface area contributed by atoms with Crippen LogP contribution in [0.2, 0.25) is 0 Å². The molecule has 0 aromatic heterocycles. The van der Waals surface area contributed by atoms with Crippen LogP contribution in [0.25, 0.3) is 0 Å². The molecule has 1 aliphatic rings. The molecule has 2 atom stereocenters. The number of ether oxygens (including phenoxy) is 2. The summed E-state index contributed by atoms with van der Waals surface area (Å²) >= 11 is 0. The van der Waals surface area contributed by atoms with Gasteiger partial charge in [-0.2, -0.15) is 0 Å². The van der Waals surface area contributed by atoms with E-state index < -0.39 is 0 Å². The van der Waals surface area contributed by atoms with Crippen LogP contribution in [-0.2, 0) is 4.74 Å². The fraction of sp³-hybridized carbons (Fsp3) is 0.571. The summed E-state index contributed by atoms with van der Waals surface area (Å²) in [5.74, 6) is 0.674. The van der Waals surface area contributed by atoms with E-state index >= 15 is 0 Å². The number of hydrogen-bond acceptors (Lipinski definition) is 5. The molecule has 1 heterocycles. The molecule has 1 saturated heterocycles. The Labute approximate surface area is 113 Å². The molecule has 0 radical (unpaired) electrons. The zero-order chi connectivity index (χ0) is 13.8. The highest BCUT2D eigenvalue weighted by molar-refractivity contribution is 5.42. The minimum Gasteiger partial charge on any atom is -0.504 e. The first-order valence-corrected chi connectivity index (χ1v) is 6.58. The first-order chi connectivity index (χ1) is 9.15. The lowest BCUT2D eigenvalue weighted by atomic mass is 10.0. The van der Waals surface area contributed by atoms with Crippen LogP contribution in [0.15, 0.2) is 18.2 Å². The van der Waals surface area contributed by atoms with Crippen LogP contribution in [0.1, 0.15) is 18.5 Å². The lowest BCUT2D eigenvalue weighted by molar-refractivity contribution is -0.0364. The van der Waals surface area contributed by atoms with Crippen molar-refractivity contribution in [1.82, 2.24) is 4.90 Å². The van der Waals surface area contributed by atoms with Gasteiger partial charge in [-0.05, 0) is 24.6 Å². The van der Waals surface area contributed by atoms with Crippen molar-refractivity contribution in [2.24, 2.45) is 5.73 Å². The molecule has 1 aromatic rings. The average molecular weight is 266 g/mol. The second-order valence-corrected chi connectivity index (χ2v) is 4.83. The molecule has 5 nitrogen and oxygen atoms in total. The summed E-state index contributed by atoms with van der Waals surface area (Å²) in [6.45, 7) is 5.12. The minimum absolute atomic E-state index is 0.107. The molecule has 0 spiro atoms. The molecule has 2 unspecified atom stereocenters. The molecule has 106 valence electrons. The van der Waals surface area contributed by atoms with Crippen LogP contribution in [0.4, 0.5) is 0 Å². The van der Waals surface area contributed by atoms with Crippen molar-refractivity contribution in [2.75, 3.05) is 33.4 Å². The quantitative estimate of drug-likeness (QED) is 0.855. The summed E-state index contributed by atoms with van der Waals surface area (Å²) in [7, 11) is 1.56.